The van der Waals surface area contributed by atoms with E-state index in [1.165, 1.54) is 0 Å². The number of hydrogen-bond acceptors (Lipinski definition) is 6. The van der Waals surface area contributed by atoms with Gasteiger partial charge in [-0.15, -0.1) is 5.10 Å². The van der Waals surface area contributed by atoms with E-state index in [0.29, 0.717) is 23.5 Å². The first kappa shape index (κ1) is 18.7. The second-order valence-corrected chi connectivity index (χ2v) is 6.41. The molecule has 0 aliphatic carbocycles. The molecule has 0 fully saturated rings. The summed E-state index contributed by atoms with van der Waals surface area (Å²) in [6, 6.07) is 8.94. The van der Waals surface area contributed by atoms with Crippen LogP contribution in [0.5, 0.6) is 0 Å². The van der Waals surface area contributed by atoms with Gasteiger partial charge in [-0.05, 0) is 54.1 Å². The first-order valence-electron chi connectivity index (χ1n) is 8.79. The van der Waals surface area contributed by atoms with Gasteiger partial charge in [0.25, 0.3) is 5.91 Å². The maximum Gasteiger partial charge on any atom is 0.251 e. The summed E-state index contributed by atoms with van der Waals surface area (Å²) in [6.07, 6.45) is 2.44. The third-order valence-corrected chi connectivity index (χ3v) is 4.13. The average molecular weight is 366 g/mol. The highest BCUT2D eigenvalue weighted by molar-refractivity contribution is 5.96. The number of amides is 1. The Morgan fingerprint density at radius 2 is 2.11 bits per heavy atom. The van der Waals surface area contributed by atoms with Gasteiger partial charge < -0.3 is 10.4 Å². The topological polar surface area (TPSA) is 106 Å². The summed E-state index contributed by atoms with van der Waals surface area (Å²) in [5, 5.41) is 23.8. The lowest BCUT2D eigenvalue weighted by Crippen LogP contribution is -2.35. The molecule has 2 aromatic heterocycles. The van der Waals surface area contributed by atoms with Gasteiger partial charge in [0.15, 0.2) is 5.82 Å². The molecule has 8 heteroatoms. The van der Waals surface area contributed by atoms with Crippen molar-refractivity contribution in [3.05, 3.63) is 53.5 Å². The minimum absolute atomic E-state index is 0.134. The van der Waals surface area contributed by atoms with Gasteiger partial charge in [-0.3, -0.25) is 9.78 Å². The summed E-state index contributed by atoms with van der Waals surface area (Å²) < 4.78 is 1.62. The molecule has 8 nitrogen and oxygen atoms in total. The first-order valence-corrected chi connectivity index (χ1v) is 8.79. The molecule has 1 atom stereocenters. The lowest BCUT2D eigenvalue weighted by atomic mass is 10.0. The smallest absolute Gasteiger partial charge is 0.251 e. The number of hydrogen-bond donors (Lipinski definition) is 2. The van der Waals surface area contributed by atoms with Crippen molar-refractivity contribution in [2.45, 2.75) is 33.2 Å². The summed E-state index contributed by atoms with van der Waals surface area (Å²) in [4.78, 5) is 17.1. The number of benzene rings is 1. The molecule has 1 amide bonds. The van der Waals surface area contributed by atoms with Gasteiger partial charge >= 0.3 is 0 Å². The van der Waals surface area contributed by atoms with Crippen LogP contribution in [-0.4, -0.2) is 48.9 Å². The van der Waals surface area contributed by atoms with E-state index >= 15 is 0 Å². The Kier molecular flexibility index (Phi) is 5.56. The number of nitrogens with zero attached hydrogens (tertiary/aromatic N) is 5. The highest BCUT2D eigenvalue weighted by Crippen LogP contribution is 2.23. The van der Waals surface area contributed by atoms with E-state index < -0.39 is 0 Å². The Balaban J connectivity index is 2.10. The minimum atomic E-state index is -0.346. The zero-order valence-electron chi connectivity index (χ0n) is 15.5. The molecule has 0 unspecified atom stereocenters. The van der Waals surface area contributed by atoms with E-state index in [0.717, 1.165) is 16.8 Å². The van der Waals surface area contributed by atoms with Crippen molar-refractivity contribution < 1.29 is 9.90 Å². The van der Waals surface area contributed by atoms with Crippen LogP contribution in [0.2, 0.25) is 0 Å². The molecule has 0 aliphatic heterocycles. The summed E-state index contributed by atoms with van der Waals surface area (Å²) in [5.74, 6) is 0.414. The van der Waals surface area contributed by atoms with Crippen LogP contribution in [0.3, 0.4) is 0 Å². The molecule has 1 aromatic carbocycles. The second kappa shape index (κ2) is 8.05. The number of aliphatic hydroxyl groups excluding tert-OH is 1. The van der Waals surface area contributed by atoms with Crippen LogP contribution in [0.25, 0.3) is 16.9 Å². The van der Waals surface area contributed by atoms with Gasteiger partial charge in [-0.1, -0.05) is 13.0 Å². The van der Waals surface area contributed by atoms with Gasteiger partial charge in [0.2, 0.25) is 0 Å². The Labute approximate surface area is 157 Å². The van der Waals surface area contributed by atoms with E-state index in [-0.39, 0.29) is 18.6 Å². The van der Waals surface area contributed by atoms with Crippen LogP contribution in [-0.2, 0) is 6.42 Å². The van der Waals surface area contributed by atoms with Crippen LogP contribution in [0.1, 0.15) is 35.6 Å². The zero-order valence-corrected chi connectivity index (χ0v) is 15.5. The van der Waals surface area contributed by atoms with Crippen molar-refractivity contribution in [2.24, 2.45) is 0 Å². The SMILES string of the molecule is CCc1nnnn1-c1cc(C(=O)N[C@@H](C)CO)cc(-c2ccc(C)cn2)c1. The maximum absolute atomic E-state index is 12.6. The number of nitrogens with one attached hydrogen (secondary N) is 1. The lowest BCUT2D eigenvalue weighted by molar-refractivity contribution is 0.0922. The predicted molar refractivity (Wildman–Crippen MR) is 101 cm³/mol. The molecular weight excluding hydrogens is 344 g/mol. The molecule has 2 heterocycles. The third kappa shape index (κ3) is 4.17. The quantitative estimate of drug-likeness (QED) is 0.688. The Hall–Kier alpha value is -3.13. The number of carbonyl (C=O) groups excluding carboxylic acids is 1. The summed E-state index contributed by atoms with van der Waals surface area (Å²) in [5.41, 5.74) is 3.71. The number of tetrazole rings is 1. The Morgan fingerprint density at radius 3 is 2.78 bits per heavy atom. The molecule has 0 aliphatic rings. The number of aryl methyl sites for hydroxylation is 2. The molecule has 3 aromatic rings. The number of aromatic nitrogens is 5. The van der Waals surface area contributed by atoms with Gasteiger partial charge in [-0.2, -0.15) is 4.68 Å². The molecule has 0 radical (unpaired) electrons. The van der Waals surface area contributed by atoms with Crippen LogP contribution in [0.4, 0.5) is 0 Å². The molecular formula is C19H22N6O2. The third-order valence-electron chi connectivity index (χ3n) is 4.13. The lowest BCUT2D eigenvalue weighted by Gasteiger charge is -2.13. The standard InChI is InChI=1S/C19H22N6O2/c1-4-18-22-23-24-25(18)16-8-14(17-6-5-12(2)10-20-17)7-15(9-16)19(27)21-13(3)11-26/h5-10,13,26H,4,11H2,1-3H3,(H,21,27)/t13-/m0/s1. The Bertz CT molecular complexity index is 936. The second-order valence-electron chi connectivity index (χ2n) is 6.41. The predicted octanol–water partition coefficient (Wildman–Crippen LogP) is 1.71. The minimum Gasteiger partial charge on any atom is -0.394 e. The van der Waals surface area contributed by atoms with Crippen molar-refractivity contribution in [1.82, 2.24) is 30.5 Å². The van der Waals surface area contributed by atoms with E-state index in [4.69, 9.17) is 0 Å². The van der Waals surface area contributed by atoms with Crippen molar-refractivity contribution in [3.8, 4) is 16.9 Å². The normalized spacial score (nSPS) is 12.0. The summed E-state index contributed by atoms with van der Waals surface area (Å²) in [6.45, 7) is 5.53. The van der Waals surface area contributed by atoms with Gasteiger partial charge in [0, 0.05) is 29.8 Å². The van der Waals surface area contributed by atoms with E-state index in [1.54, 1.807) is 29.9 Å². The van der Waals surface area contributed by atoms with Gasteiger partial charge in [0.1, 0.15) is 0 Å². The van der Waals surface area contributed by atoms with Crippen LogP contribution < -0.4 is 5.32 Å². The highest BCUT2D eigenvalue weighted by atomic mass is 16.3. The summed E-state index contributed by atoms with van der Waals surface area (Å²) >= 11 is 0. The molecule has 140 valence electrons. The fourth-order valence-electron chi connectivity index (χ4n) is 2.63. The Morgan fingerprint density at radius 1 is 1.30 bits per heavy atom. The van der Waals surface area contributed by atoms with Crippen molar-refractivity contribution in [3.63, 3.8) is 0 Å². The maximum atomic E-state index is 12.6. The highest BCUT2D eigenvalue weighted by Gasteiger charge is 2.15. The molecule has 0 spiro atoms. The van der Waals surface area contributed by atoms with Crippen molar-refractivity contribution in [1.29, 1.82) is 0 Å². The van der Waals surface area contributed by atoms with E-state index in [9.17, 15) is 9.90 Å². The monoisotopic (exact) mass is 366 g/mol. The van der Waals surface area contributed by atoms with Crippen molar-refractivity contribution in [2.75, 3.05) is 6.61 Å². The summed E-state index contributed by atoms with van der Waals surface area (Å²) in [7, 11) is 0. The molecule has 0 saturated heterocycles. The van der Waals surface area contributed by atoms with Crippen LogP contribution in [0, 0.1) is 6.92 Å². The molecule has 0 saturated carbocycles. The largest absolute Gasteiger partial charge is 0.394 e. The number of aliphatic hydroxyl groups is 1. The first-order chi connectivity index (χ1) is 13.0. The number of carbonyl (C=O) groups is 1. The zero-order chi connectivity index (χ0) is 19.4. The number of pyridine rings is 1. The van der Waals surface area contributed by atoms with Crippen molar-refractivity contribution >= 4 is 5.91 Å². The average Bonchev–Trinajstić information content (AvgIpc) is 3.17. The van der Waals surface area contributed by atoms with Gasteiger partial charge in [0.05, 0.1) is 18.0 Å². The fourth-order valence-corrected chi connectivity index (χ4v) is 2.63. The molecule has 27 heavy (non-hydrogen) atoms. The molecule has 0 bridgehead atoms. The number of rotatable bonds is 6. The van der Waals surface area contributed by atoms with Crippen LogP contribution >= 0.6 is 0 Å². The van der Waals surface area contributed by atoms with E-state index in [2.05, 4.69) is 25.8 Å². The fraction of sp³-hybridized carbons (Fsp3) is 0.316. The van der Waals surface area contributed by atoms with E-state index in [1.807, 2.05) is 32.0 Å². The van der Waals surface area contributed by atoms with Crippen LogP contribution in [0.15, 0.2) is 36.5 Å². The van der Waals surface area contributed by atoms with Gasteiger partial charge in [-0.25, -0.2) is 0 Å². The molecule has 2 N–H and O–H groups in total. The molecule has 3 rings (SSSR count).